The standard InChI is InChI=1S/C14H13F2N/c1-8-6-17-7-9(2)13(8)11-4-5-12(15)10(3)14(11)16/h4-7H,1-3H3. The molecule has 0 radical (unpaired) electrons. The maximum Gasteiger partial charge on any atom is 0.136 e. The fourth-order valence-corrected chi connectivity index (χ4v) is 1.98. The van der Waals surface area contributed by atoms with Crippen molar-refractivity contribution < 1.29 is 8.78 Å². The Hall–Kier alpha value is -1.77. The molecule has 3 heteroatoms. The van der Waals surface area contributed by atoms with Crippen LogP contribution in [0.15, 0.2) is 24.5 Å². The molecule has 1 aromatic carbocycles. The Balaban J connectivity index is 2.74. The Morgan fingerprint density at radius 2 is 1.53 bits per heavy atom. The van der Waals surface area contributed by atoms with Gasteiger partial charge in [0.1, 0.15) is 11.6 Å². The quantitative estimate of drug-likeness (QED) is 0.726. The van der Waals surface area contributed by atoms with Crippen LogP contribution in [0.2, 0.25) is 0 Å². The van der Waals surface area contributed by atoms with Gasteiger partial charge in [0.05, 0.1) is 0 Å². The van der Waals surface area contributed by atoms with E-state index in [1.54, 1.807) is 12.4 Å². The Morgan fingerprint density at radius 3 is 2.12 bits per heavy atom. The number of rotatable bonds is 1. The summed E-state index contributed by atoms with van der Waals surface area (Å²) >= 11 is 0. The molecule has 0 fully saturated rings. The van der Waals surface area contributed by atoms with E-state index in [4.69, 9.17) is 0 Å². The van der Waals surface area contributed by atoms with Crippen molar-refractivity contribution in [1.82, 2.24) is 4.98 Å². The third-order valence-electron chi connectivity index (χ3n) is 2.91. The van der Waals surface area contributed by atoms with Crippen molar-refractivity contribution in [2.45, 2.75) is 20.8 Å². The molecule has 2 aromatic rings. The first kappa shape index (κ1) is 11.7. The molecule has 0 atom stereocenters. The molecule has 0 amide bonds. The summed E-state index contributed by atoms with van der Waals surface area (Å²) in [5.74, 6) is -1.02. The van der Waals surface area contributed by atoms with Crippen LogP contribution in [-0.2, 0) is 0 Å². The molecule has 2 rings (SSSR count). The van der Waals surface area contributed by atoms with Crippen molar-refractivity contribution in [3.05, 3.63) is 52.9 Å². The van der Waals surface area contributed by atoms with Crippen LogP contribution in [0.5, 0.6) is 0 Å². The van der Waals surface area contributed by atoms with Crippen LogP contribution in [-0.4, -0.2) is 4.98 Å². The predicted molar refractivity (Wildman–Crippen MR) is 63.8 cm³/mol. The van der Waals surface area contributed by atoms with Gasteiger partial charge >= 0.3 is 0 Å². The van der Waals surface area contributed by atoms with Crippen LogP contribution in [0.4, 0.5) is 8.78 Å². The number of pyridine rings is 1. The van der Waals surface area contributed by atoms with Gasteiger partial charge in [0, 0.05) is 23.5 Å². The number of aryl methyl sites for hydroxylation is 2. The average molecular weight is 233 g/mol. The number of aromatic nitrogens is 1. The summed E-state index contributed by atoms with van der Waals surface area (Å²) in [6.45, 7) is 5.18. The van der Waals surface area contributed by atoms with Crippen molar-refractivity contribution in [2.75, 3.05) is 0 Å². The van der Waals surface area contributed by atoms with Crippen LogP contribution in [0.3, 0.4) is 0 Å². The molecule has 0 saturated carbocycles. The van der Waals surface area contributed by atoms with E-state index in [2.05, 4.69) is 4.98 Å². The molecule has 0 N–H and O–H groups in total. The van der Waals surface area contributed by atoms with Gasteiger partial charge in [0.25, 0.3) is 0 Å². The summed E-state index contributed by atoms with van der Waals surface area (Å²) < 4.78 is 27.3. The van der Waals surface area contributed by atoms with Gasteiger partial charge in [-0.15, -0.1) is 0 Å². The van der Waals surface area contributed by atoms with Gasteiger partial charge in [-0.3, -0.25) is 4.98 Å². The molecule has 0 aliphatic heterocycles. The van der Waals surface area contributed by atoms with Crippen molar-refractivity contribution in [1.29, 1.82) is 0 Å². The molecule has 1 heterocycles. The lowest BCUT2D eigenvalue weighted by Crippen LogP contribution is -1.96. The number of halogens is 2. The molecule has 0 aliphatic carbocycles. The van der Waals surface area contributed by atoms with Gasteiger partial charge in [-0.1, -0.05) is 0 Å². The van der Waals surface area contributed by atoms with E-state index in [0.717, 1.165) is 16.7 Å². The van der Waals surface area contributed by atoms with E-state index < -0.39 is 11.6 Å². The molecular weight excluding hydrogens is 220 g/mol. The Labute approximate surface area is 99.1 Å². The van der Waals surface area contributed by atoms with E-state index in [9.17, 15) is 8.78 Å². The topological polar surface area (TPSA) is 12.9 Å². The fraction of sp³-hybridized carbons (Fsp3) is 0.214. The Morgan fingerprint density at radius 1 is 0.941 bits per heavy atom. The lowest BCUT2D eigenvalue weighted by Gasteiger charge is -2.11. The van der Waals surface area contributed by atoms with Gasteiger partial charge < -0.3 is 0 Å². The first-order chi connectivity index (χ1) is 8.02. The maximum absolute atomic E-state index is 14.0. The second kappa shape index (κ2) is 4.24. The van der Waals surface area contributed by atoms with Crippen LogP contribution in [0.25, 0.3) is 11.1 Å². The molecular formula is C14H13F2N. The molecule has 0 unspecified atom stereocenters. The molecule has 17 heavy (non-hydrogen) atoms. The fourth-order valence-electron chi connectivity index (χ4n) is 1.98. The van der Waals surface area contributed by atoms with Crippen LogP contribution < -0.4 is 0 Å². The van der Waals surface area contributed by atoms with E-state index >= 15 is 0 Å². The summed E-state index contributed by atoms with van der Waals surface area (Å²) in [7, 11) is 0. The van der Waals surface area contributed by atoms with Gasteiger partial charge in [-0.25, -0.2) is 8.78 Å². The molecule has 1 aromatic heterocycles. The zero-order valence-electron chi connectivity index (χ0n) is 10.0. The highest BCUT2D eigenvalue weighted by Crippen LogP contribution is 2.30. The zero-order chi connectivity index (χ0) is 12.6. The first-order valence-electron chi connectivity index (χ1n) is 5.38. The molecule has 0 saturated heterocycles. The molecule has 1 nitrogen and oxygen atoms in total. The highest BCUT2D eigenvalue weighted by Gasteiger charge is 2.14. The summed E-state index contributed by atoms with van der Waals surface area (Å²) in [5, 5.41) is 0. The van der Waals surface area contributed by atoms with Gasteiger partial charge in [0.15, 0.2) is 0 Å². The Kier molecular flexibility index (Phi) is 2.92. The first-order valence-corrected chi connectivity index (χ1v) is 5.38. The molecule has 0 aliphatic rings. The third-order valence-corrected chi connectivity index (χ3v) is 2.91. The molecule has 0 spiro atoms. The van der Waals surface area contributed by atoms with E-state index in [1.807, 2.05) is 13.8 Å². The number of hydrogen-bond donors (Lipinski definition) is 0. The number of benzene rings is 1. The summed E-state index contributed by atoms with van der Waals surface area (Å²) in [5.41, 5.74) is 3.05. The molecule has 88 valence electrons. The van der Waals surface area contributed by atoms with Gasteiger partial charge in [-0.05, 0) is 49.6 Å². The van der Waals surface area contributed by atoms with Crippen LogP contribution in [0, 0.1) is 32.4 Å². The minimum absolute atomic E-state index is 0.0538. The van der Waals surface area contributed by atoms with Crippen molar-refractivity contribution in [3.8, 4) is 11.1 Å². The Bertz CT molecular complexity index is 556. The second-order valence-corrected chi connectivity index (χ2v) is 4.18. The zero-order valence-corrected chi connectivity index (χ0v) is 10.0. The van der Waals surface area contributed by atoms with Crippen molar-refractivity contribution in [3.63, 3.8) is 0 Å². The highest BCUT2D eigenvalue weighted by atomic mass is 19.1. The van der Waals surface area contributed by atoms with E-state index in [0.29, 0.717) is 5.56 Å². The monoisotopic (exact) mass is 233 g/mol. The maximum atomic E-state index is 14.0. The van der Waals surface area contributed by atoms with Crippen LogP contribution >= 0.6 is 0 Å². The van der Waals surface area contributed by atoms with Crippen LogP contribution in [0.1, 0.15) is 16.7 Å². The largest absolute Gasteiger partial charge is 0.264 e. The minimum atomic E-state index is -0.518. The van der Waals surface area contributed by atoms with E-state index in [-0.39, 0.29) is 5.56 Å². The second-order valence-electron chi connectivity index (χ2n) is 4.18. The lowest BCUT2D eigenvalue weighted by molar-refractivity contribution is 0.570. The number of nitrogens with zero attached hydrogens (tertiary/aromatic N) is 1. The average Bonchev–Trinajstić information content (AvgIpc) is 2.29. The highest BCUT2D eigenvalue weighted by molar-refractivity contribution is 5.71. The smallest absolute Gasteiger partial charge is 0.136 e. The third kappa shape index (κ3) is 1.93. The van der Waals surface area contributed by atoms with Crippen molar-refractivity contribution in [2.24, 2.45) is 0 Å². The number of hydrogen-bond acceptors (Lipinski definition) is 1. The SMILES string of the molecule is Cc1cncc(C)c1-c1ccc(F)c(C)c1F. The van der Waals surface area contributed by atoms with E-state index in [1.165, 1.54) is 19.1 Å². The van der Waals surface area contributed by atoms with Gasteiger partial charge in [0.2, 0.25) is 0 Å². The summed E-state index contributed by atoms with van der Waals surface area (Å²) in [6, 6.07) is 2.78. The van der Waals surface area contributed by atoms with Gasteiger partial charge in [-0.2, -0.15) is 0 Å². The predicted octanol–water partition coefficient (Wildman–Crippen LogP) is 3.95. The lowest BCUT2D eigenvalue weighted by atomic mass is 9.96. The summed E-state index contributed by atoms with van der Waals surface area (Å²) in [6.07, 6.45) is 3.36. The normalized spacial score (nSPS) is 10.6. The summed E-state index contributed by atoms with van der Waals surface area (Å²) in [4.78, 5) is 4.04. The minimum Gasteiger partial charge on any atom is -0.264 e. The van der Waals surface area contributed by atoms with Crippen molar-refractivity contribution >= 4 is 0 Å². The molecule has 0 bridgehead atoms.